The lowest BCUT2D eigenvalue weighted by molar-refractivity contribution is 0.0996. The van der Waals surface area contributed by atoms with Crippen LogP contribution in [-0.2, 0) is 4.74 Å². The van der Waals surface area contributed by atoms with Gasteiger partial charge in [-0.05, 0) is 44.0 Å². The van der Waals surface area contributed by atoms with Crippen molar-refractivity contribution in [3.05, 3.63) is 24.3 Å². The Morgan fingerprint density at radius 1 is 1.40 bits per heavy atom. The number of nitrogens with one attached hydrogen (secondary N) is 1. The van der Waals surface area contributed by atoms with Crippen molar-refractivity contribution in [1.82, 2.24) is 0 Å². The Balaban J connectivity index is 1.92. The lowest BCUT2D eigenvalue weighted by atomic mass is 10.1. The molecule has 0 aliphatic carbocycles. The predicted octanol–water partition coefficient (Wildman–Crippen LogP) is 2.25. The average Bonchev–Trinajstić information content (AvgIpc) is 2.74. The van der Waals surface area contributed by atoms with Gasteiger partial charge in [0.05, 0.1) is 6.10 Å². The second-order valence-corrected chi connectivity index (χ2v) is 4.11. The molecule has 2 atom stereocenters. The fourth-order valence-corrected chi connectivity index (χ4v) is 1.93. The lowest BCUT2D eigenvalue weighted by Crippen LogP contribution is -2.29. The SMILES string of the molecule is CC(Nc1ccc(N)cc1)C1CCCO1. The topological polar surface area (TPSA) is 47.3 Å². The van der Waals surface area contributed by atoms with Crippen molar-refractivity contribution < 1.29 is 4.74 Å². The molecule has 1 saturated heterocycles. The number of anilines is 2. The van der Waals surface area contributed by atoms with Crippen LogP contribution in [0.5, 0.6) is 0 Å². The Morgan fingerprint density at radius 3 is 2.73 bits per heavy atom. The summed E-state index contributed by atoms with van der Waals surface area (Å²) in [5.41, 5.74) is 7.53. The van der Waals surface area contributed by atoms with E-state index in [-0.39, 0.29) is 0 Å². The summed E-state index contributed by atoms with van der Waals surface area (Å²) in [5, 5.41) is 3.43. The molecule has 82 valence electrons. The average molecular weight is 206 g/mol. The van der Waals surface area contributed by atoms with Gasteiger partial charge in [0, 0.05) is 24.0 Å². The minimum Gasteiger partial charge on any atom is -0.399 e. The maximum absolute atomic E-state index is 5.63. The highest BCUT2D eigenvalue weighted by molar-refractivity contribution is 5.51. The summed E-state index contributed by atoms with van der Waals surface area (Å²) < 4.78 is 5.62. The molecule has 3 N–H and O–H groups in total. The molecule has 0 saturated carbocycles. The van der Waals surface area contributed by atoms with Gasteiger partial charge in [-0.2, -0.15) is 0 Å². The summed E-state index contributed by atoms with van der Waals surface area (Å²) in [4.78, 5) is 0. The molecule has 15 heavy (non-hydrogen) atoms. The molecule has 0 amide bonds. The molecule has 1 fully saturated rings. The van der Waals surface area contributed by atoms with Crippen LogP contribution in [0.1, 0.15) is 19.8 Å². The monoisotopic (exact) mass is 206 g/mol. The zero-order valence-electron chi connectivity index (χ0n) is 9.07. The van der Waals surface area contributed by atoms with Crippen LogP contribution in [0.4, 0.5) is 11.4 Å². The van der Waals surface area contributed by atoms with Crippen molar-refractivity contribution in [1.29, 1.82) is 0 Å². The van der Waals surface area contributed by atoms with Gasteiger partial charge in [0.1, 0.15) is 0 Å². The van der Waals surface area contributed by atoms with Crippen LogP contribution >= 0.6 is 0 Å². The molecule has 2 unspecified atom stereocenters. The van der Waals surface area contributed by atoms with E-state index in [9.17, 15) is 0 Å². The van der Waals surface area contributed by atoms with Crippen molar-refractivity contribution in [2.45, 2.75) is 31.9 Å². The van der Waals surface area contributed by atoms with E-state index in [2.05, 4.69) is 12.2 Å². The first-order valence-electron chi connectivity index (χ1n) is 5.49. The Morgan fingerprint density at radius 2 is 2.13 bits per heavy atom. The van der Waals surface area contributed by atoms with E-state index in [1.165, 1.54) is 6.42 Å². The zero-order chi connectivity index (χ0) is 10.7. The first kappa shape index (κ1) is 10.3. The number of nitrogen functional groups attached to an aromatic ring is 1. The molecular formula is C12H18N2O. The van der Waals surface area contributed by atoms with E-state index in [1.807, 2.05) is 24.3 Å². The number of hydrogen-bond acceptors (Lipinski definition) is 3. The number of ether oxygens (including phenoxy) is 1. The van der Waals surface area contributed by atoms with Crippen molar-refractivity contribution in [3.63, 3.8) is 0 Å². The van der Waals surface area contributed by atoms with E-state index < -0.39 is 0 Å². The minimum absolute atomic E-state index is 0.350. The number of benzene rings is 1. The first-order valence-corrected chi connectivity index (χ1v) is 5.49. The van der Waals surface area contributed by atoms with Crippen LogP contribution < -0.4 is 11.1 Å². The summed E-state index contributed by atoms with van der Waals surface area (Å²) in [6.45, 7) is 3.06. The molecule has 0 bridgehead atoms. The van der Waals surface area contributed by atoms with Crippen LogP contribution in [-0.4, -0.2) is 18.8 Å². The predicted molar refractivity (Wildman–Crippen MR) is 62.9 cm³/mol. The van der Waals surface area contributed by atoms with Crippen molar-refractivity contribution in [3.8, 4) is 0 Å². The van der Waals surface area contributed by atoms with E-state index >= 15 is 0 Å². The molecule has 1 aliphatic rings. The highest BCUT2D eigenvalue weighted by Crippen LogP contribution is 2.19. The van der Waals surface area contributed by atoms with E-state index in [0.717, 1.165) is 24.4 Å². The molecular weight excluding hydrogens is 188 g/mol. The normalized spacial score (nSPS) is 22.6. The summed E-state index contributed by atoms with van der Waals surface area (Å²) >= 11 is 0. The third-order valence-corrected chi connectivity index (χ3v) is 2.83. The van der Waals surface area contributed by atoms with Crippen molar-refractivity contribution >= 4 is 11.4 Å². The Labute approximate surface area is 90.6 Å². The molecule has 0 radical (unpaired) electrons. The summed E-state index contributed by atoms with van der Waals surface area (Å²) in [6, 6.07) is 8.17. The molecule has 3 heteroatoms. The molecule has 0 spiro atoms. The first-order chi connectivity index (χ1) is 7.25. The minimum atomic E-state index is 0.350. The van der Waals surface area contributed by atoms with Crippen LogP contribution in [0.25, 0.3) is 0 Å². The Hall–Kier alpha value is -1.22. The highest BCUT2D eigenvalue weighted by atomic mass is 16.5. The van der Waals surface area contributed by atoms with E-state index in [1.54, 1.807) is 0 Å². The Bertz CT molecular complexity index is 304. The molecule has 1 aliphatic heterocycles. The molecule has 3 nitrogen and oxygen atoms in total. The highest BCUT2D eigenvalue weighted by Gasteiger charge is 2.21. The number of rotatable bonds is 3. The van der Waals surface area contributed by atoms with Crippen LogP contribution in [0, 0.1) is 0 Å². The molecule has 2 rings (SSSR count). The maximum atomic E-state index is 5.63. The molecule has 1 aromatic rings. The summed E-state index contributed by atoms with van der Waals surface area (Å²) in [7, 11) is 0. The van der Waals surface area contributed by atoms with Crippen molar-refractivity contribution in [2.24, 2.45) is 0 Å². The fourth-order valence-electron chi connectivity index (χ4n) is 1.93. The molecule has 0 aromatic heterocycles. The quantitative estimate of drug-likeness (QED) is 0.746. The van der Waals surface area contributed by atoms with Gasteiger partial charge in [0.25, 0.3) is 0 Å². The van der Waals surface area contributed by atoms with Gasteiger partial charge in [-0.15, -0.1) is 0 Å². The van der Waals surface area contributed by atoms with E-state index in [0.29, 0.717) is 12.1 Å². The number of hydrogen-bond donors (Lipinski definition) is 2. The second kappa shape index (κ2) is 4.53. The fraction of sp³-hybridized carbons (Fsp3) is 0.500. The van der Waals surface area contributed by atoms with Gasteiger partial charge >= 0.3 is 0 Å². The zero-order valence-corrected chi connectivity index (χ0v) is 9.07. The largest absolute Gasteiger partial charge is 0.399 e. The maximum Gasteiger partial charge on any atom is 0.0774 e. The van der Waals surface area contributed by atoms with Crippen molar-refractivity contribution in [2.75, 3.05) is 17.7 Å². The standard InChI is InChI=1S/C12H18N2O/c1-9(12-3-2-8-15-12)14-11-6-4-10(13)5-7-11/h4-7,9,12,14H,2-3,8,13H2,1H3. The summed E-state index contributed by atoms with van der Waals surface area (Å²) in [5.74, 6) is 0. The third kappa shape index (κ3) is 2.63. The summed E-state index contributed by atoms with van der Waals surface area (Å²) in [6.07, 6.45) is 2.68. The van der Waals surface area contributed by atoms with Crippen LogP contribution in [0.15, 0.2) is 24.3 Å². The molecule has 1 aromatic carbocycles. The molecule has 1 heterocycles. The number of nitrogens with two attached hydrogens (primary N) is 1. The van der Waals surface area contributed by atoms with Crippen LogP contribution in [0.2, 0.25) is 0 Å². The van der Waals surface area contributed by atoms with E-state index in [4.69, 9.17) is 10.5 Å². The van der Waals surface area contributed by atoms with Gasteiger partial charge in [-0.25, -0.2) is 0 Å². The van der Waals surface area contributed by atoms with Gasteiger partial charge in [0.15, 0.2) is 0 Å². The van der Waals surface area contributed by atoms with Gasteiger partial charge in [-0.1, -0.05) is 0 Å². The van der Waals surface area contributed by atoms with Crippen LogP contribution in [0.3, 0.4) is 0 Å². The Kier molecular flexibility index (Phi) is 3.11. The van der Waals surface area contributed by atoms with Gasteiger partial charge in [-0.3, -0.25) is 0 Å². The van der Waals surface area contributed by atoms with Gasteiger partial charge < -0.3 is 15.8 Å². The second-order valence-electron chi connectivity index (χ2n) is 4.11. The van der Waals surface area contributed by atoms with Gasteiger partial charge in [0.2, 0.25) is 0 Å². The lowest BCUT2D eigenvalue weighted by Gasteiger charge is -2.21. The smallest absolute Gasteiger partial charge is 0.0774 e. The third-order valence-electron chi connectivity index (χ3n) is 2.83.